The molecule has 0 spiro atoms. The van der Waals surface area contributed by atoms with Gasteiger partial charge in [-0.1, -0.05) is 27.5 Å². The van der Waals surface area contributed by atoms with Crippen LogP contribution in [-0.2, 0) is 9.47 Å². The number of halogens is 2. The molecule has 0 aromatic heterocycles. The van der Waals surface area contributed by atoms with Crippen LogP contribution in [0.3, 0.4) is 0 Å². The molecule has 0 aliphatic carbocycles. The topological polar surface area (TPSA) is 80.4 Å². The molecule has 1 aromatic rings. The average molecular weight is 351 g/mol. The predicted octanol–water partition coefficient (Wildman–Crippen LogP) is 3.18. The van der Waals surface area contributed by atoms with Gasteiger partial charge >= 0.3 is 5.91 Å². The van der Waals surface area contributed by atoms with E-state index >= 15 is 0 Å². The fraction of sp³-hybridized carbons (Fsp3) is 0.417. The summed E-state index contributed by atoms with van der Waals surface area (Å²) in [5.41, 5.74) is 6.16. The normalized spacial score (nSPS) is 11.4. The van der Waals surface area contributed by atoms with Crippen molar-refractivity contribution in [3.63, 3.8) is 0 Å². The molecule has 0 unspecified atom stereocenters. The highest BCUT2D eigenvalue weighted by Crippen LogP contribution is 2.29. The highest BCUT2D eigenvalue weighted by molar-refractivity contribution is 9.10. The molecule has 7 heteroatoms. The summed E-state index contributed by atoms with van der Waals surface area (Å²) in [6.45, 7) is 4.25. The van der Waals surface area contributed by atoms with Gasteiger partial charge in [0.2, 0.25) is 0 Å². The Morgan fingerprint density at radius 3 is 2.42 bits per heavy atom. The van der Waals surface area contributed by atoms with Crippen molar-refractivity contribution < 1.29 is 9.47 Å². The SMILES string of the molecule is CCOC(Nc1ccc(Br)cc1Cl)(OCC)C(=N)N. The lowest BCUT2D eigenvalue weighted by Crippen LogP contribution is -2.54. The van der Waals surface area contributed by atoms with Crippen molar-refractivity contribution in [2.24, 2.45) is 5.73 Å². The van der Waals surface area contributed by atoms with E-state index in [2.05, 4.69) is 21.2 Å². The third kappa shape index (κ3) is 4.07. The zero-order valence-electron chi connectivity index (χ0n) is 10.8. The van der Waals surface area contributed by atoms with Gasteiger partial charge in [-0.2, -0.15) is 0 Å². The van der Waals surface area contributed by atoms with Crippen molar-refractivity contribution >= 4 is 39.1 Å². The Kier molecular flexibility index (Phi) is 6.06. The van der Waals surface area contributed by atoms with Crippen LogP contribution in [0.4, 0.5) is 5.69 Å². The average Bonchev–Trinajstić information content (AvgIpc) is 2.33. The Hall–Kier alpha value is -0.820. The molecule has 19 heavy (non-hydrogen) atoms. The van der Waals surface area contributed by atoms with Crippen LogP contribution in [0.25, 0.3) is 0 Å². The number of ether oxygens (including phenoxy) is 2. The molecule has 1 aromatic carbocycles. The molecule has 0 saturated heterocycles. The Balaban J connectivity index is 3.08. The van der Waals surface area contributed by atoms with E-state index < -0.39 is 5.91 Å². The van der Waals surface area contributed by atoms with E-state index in [1.807, 2.05) is 6.07 Å². The van der Waals surface area contributed by atoms with Crippen LogP contribution < -0.4 is 11.1 Å². The maximum absolute atomic E-state index is 7.68. The molecule has 0 amide bonds. The lowest BCUT2D eigenvalue weighted by atomic mass is 10.3. The van der Waals surface area contributed by atoms with E-state index in [4.69, 9.17) is 32.2 Å². The minimum atomic E-state index is -1.50. The molecule has 1 rings (SSSR count). The van der Waals surface area contributed by atoms with Gasteiger partial charge in [0.15, 0.2) is 5.84 Å². The summed E-state index contributed by atoms with van der Waals surface area (Å²) in [6, 6.07) is 5.30. The minimum absolute atomic E-state index is 0.268. The second kappa shape index (κ2) is 7.09. The van der Waals surface area contributed by atoms with Gasteiger partial charge in [-0.15, -0.1) is 0 Å². The highest BCUT2D eigenvalue weighted by atomic mass is 79.9. The molecule has 106 valence electrons. The molecular weight excluding hydrogens is 334 g/mol. The van der Waals surface area contributed by atoms with E-state index in [0.717, 1.165) is 4.47 Å². The van der Waals surface area contributed by atoms with Crippen LogP contribution in [0.1, 0.15) is 13.8 Å². The Labute approximate surface area is 126 Å². The summed E-state index contributed by atoms with van der Waals surface area (Å²) in [7, 11) is 0. The second-order valence-electron chi connectivity index (χ2n) is 3.65. The van der Waals surface area contributed by atoms with Crippen molar-refractivity contribution in [2.45, 2.75) is 19.8 Å². The molecule has 0 bridgehead atoms. The minimum Gasteiger partial charge on any atom is -0.381 e. The number of nitrogens with one attached hydrogen (secondary N) is 2. The maximum atomic E-state index is 7.68. The number of hydrogen-bond donors (Lipinski definition) is 3. The molecule has 0 aliphatic rings. The molecule has 0 atom stereocenters. The molecule has 0 aliphatic heterocycles. The smallest absolute Gasteiger partial charge is 0.310 e. The van der Waals surface area contributed by atoms with Crippen molar-refractivity contribution in [1.29, 1.82) is 5.41 Å². The summed E-state index contributed by atoms with van der Waals surface area (Å²) in [4.78, 5) is 0. The first-order chi connectivity index (χ1) is 8.95. The van der Waals surface area contributed by atoms with Crippen LogP contribution in [0, 0.1) is 5.41 Å². The quantitative estimate of drug-likeness (QED) is 0.401. The number of hydrogen-bond acceptors (Lipinski definition) is 4. The van der Waals surface area contributed by atoms with Crippen molar-refractivity contribution in [2.75, 3.05) is 18.5 Å². The Morgan fingerprint density at radius 1 is 1.42 bits per heavy atom. The third-order valence-electron chi connectivity index (χ3n) is 2.28. The van der Waals surface area contributed by atoms with Gasteiger partial charge in [-0.05, 0) is 32.0 Å². The van der Waals surface area contributed by atoms with Crippen molar-refractivity contribution in [3.05, 3.63) is 27.7 Å². The Bertz CT molecular complexity index is 451. The molecule has 0 saturated carbocycles. The van der Waals surface area contributed by atoms with Crippen LogP contribution in [0.5, 0.6) is 0 Å². The van der Waals surface area contributed by atoms with Gasteiger partial charge < -0.3 is 20.5 Å². The van der Waals surface area contributed by atoms with E-state index in [9.17, 15) is 0 Å². The summed E-state index contributed by atoms with van der Waals surface area (Å²) in [5.74, 6) is -1.77. The number of rotatable bonds is 7. The van der Waals surface area contributed by atoms with Gasteiger partial charge in [-0.25, -0.2) is 0 Å². The molecular formula is C12H17BrClN3O2. The molecule has 0 heterocycles. The lowest BCUT2D eigenvalue weighted by Gasteiger charge is -2.33. The highest BCUT2D eigenvalue weighted by Gasteiger charge is 2.36. The van der Waals surface area contributed by atoms with Crippen LogP contribution >= 0.6 is 27.5 Å². The zero-order chi connectivity index (χ0) is 14.5. The monoisotopic (exact) mass is 349 g/mol. The lowest BCUT2D eigenvalue weighted by molar-refractivity contribution is -0.165. The van der Waals surface area contributed by atoms with Crippen molar-refractivity contribution in [1.82, 2.24) is 0 Å². The van der Waals surface area contributed by atoms with E-state index in [-0.39, 0.29) is 5.84 Å². The largest absolute Gasteiger partial charge is 0.381 e. The predicted molar refractivity (Wildman–Crippen MR) is 80.7 cm³/mol. The van der Waals surface area contributed by atoms with E-state index in [0.29, 0.717) is 23.9 Å². The van der Waals surface area contributed by atoms with Crippen LogP contribution in [-0.4, -0.2) is 25.0 Å². The fourth-order valence-corrected chi connectivity index (χ4v) is 2.23. The fourth-order valence-electron chi connectivity index (χ4n) is 1.51. The number of amidine groups is 1. The molecule has 4 N–H and O–H groups in total. The zero-order valence-corrected chi connectivity index (χ0v) is 13.1. The number of anilines is 1. The van der Waals surface area contributed by atoms with E-state index in [1.165, 1.54) is 0 Å². The summed E-state index contributed by atoms with van der Waals surface area (Å²) in [6.07, 6.45) is 0. The van der Waals surface area contributed by atoms with Gasteiger partial charge in [-0.3, -0.25) is 5.41 Å². The second-order valence-corrected chi connectivity index (χ2v) is 4.97. The Morgan fingerprint density at radius 2 is 2.00 bits per heavy atom. The summed E-state index contributed by atoms with van der Waals surface area (Å²) < 4.78 is 11.8. The van der Waals surface area contributed by atoms with Crippen molar-refractivity contribution in [3.8, 4) is 0 Å². The molecule has 0 radical (unpaired) electrons. The van der Waals surface area contributed by atoms with Gasteiger partial charge in [0.05, 0.1) is 10.7 Å². The van der Waals surface area contributed by atoms with Crippen LogP contribution in [0.15, 0.2) is 22.7 Å². The van der Waals surface area contributed by atoms with Gasteiger partial charge in [0.1, 0.15) is 0 Å². The van der Waals surface area contributed by atoms with Gasteiger partial charge in [0.25, 0.3) is 0 Å². The van der Waals surface area contributed by atoms with Crippen LogP contribution in [0.2, 0.25) is 5.02 Å². The third-order valence-corrected chi connectivity index (χ3v) is 3.09. The standard InChI is InChI=1S/C12H17BrClN3O2/c1-3-18-12(11(15)16,19-4-2)17-10-6-5-8(13)7-9(10)14/h5-7,17H,3-4H2,1-2H3,(H3,15,16). The molecule has 5 nitrogen and oxygen atoms in total. The number of benzene rings is 1. The number of nitrogens with two attached hydrogens (primary N) is 1. The first-order valence-electron chi connectivity index (χ1n) is 5.80. The first-order valence-corrected chi connectivity index (χ1v) is 6.98. The maximum Gasteiger partial charge on any atom is 0.310 e. The van der Waals surface area contributed by atoms with E-state index in [1.54, 1.807) is 26.0 Å². The summed E-state index contributed by atoms with van der Waals surface area (Å²) >= 11 is 9.45. The first kappa shape index (κ1) is 16.2. The van der Waals surface area contributed by atoms with Gasteiger partial charge in [0, 0.05) is 17.7 Å². The molecule has 0 fully saturated rings. The summed E-state index contributed by atoms with van der Waals surface area (Å²) in [5, 5.41) is 11.1.